The van der Waals surface area contributed by atoms with Gasteiger partial charge >= 0.3 is 0 Å². The molecule has 1 saturated heterocycles. The predicted molar refractivity (Wildman–Crippen MR) is 76.3 cm³/mol. The maximum Gasteiger partial charge on any atom is 0.226 e. The second kappa shape index (κ2) is 5.14. The lowest BCUT2D eigenvalue weighted by Crippen LogP contribution is -2.39. The van der Waals surface area contributed by atoms with Crippen molar-refractivity contribution in [2.75, 3.05) is 20.1 Å². The second-order valence-electron chi connectivity index (χ2n) is 5.57. The lowest BCUT2D eigenvalue weighted by atomic mass is 10.1. The zero-order valence-corrected chi connectivity index (χ0v) is 11.9. The number of hydrogen-bond donors (Lipinski definition) is 1. The molecule has 1 aromatic rings. The molecule has 3 atom stereocenters. The Morgan fingerprint density at radius 2 is 2.21 bits per heavy atom. The van der Waals surface area contributed by atoms with Crippen molar-refractivity contribution < 1.29 is 4.79 Å². The first-order valence-electron chi connectivity index (χ1n) is 6.90. The number of amides is 1. The quantitative estimate of drug-likeness (QED) is 0.920. The Morgan fingerprint density at radius 1 is 1.42 bits per heavy atom. The van der Waals surface area contributed by atoms with Crippen LogP contribution in [-0.4, -0.2) is 37.0 Å². The fraction of sp³-hybridized carbons (Fsp3) is 0.533. The molecule has 1 saturated carbocycles. The Balaban J connectivity index is 1.66. The molecule has 0 spiro atoms. The van der Waals surface area contributed by atoms with Crippen molar-refractivity contribution in [3.05, 3.63) is 34.9 Å². The maximum atomic E-state index is 12.4. The third kappa shape index (κ3) is 2.49. The third-order valence-electron chi connectivity index (χ3n) is 4.34. The van der Waals surface area contributed by atoms with Crippen LogP contribution in [0.15, 0.2) is 24.3 Å². The van der Waals surface area contributed by atoms with E-state index in [1.165, 1.54) is 0 Å². The van der Waals surface area contributed by atoms with Gasteiger partial charge in [-0.25, -0.2) is 0 Å². The zero-order chi connectivity index (χ0) is 13.4. The van der Waals surface area contributed by atoms with Crippen LogP contribution in [0.4, 0.5) is 0 Å². The second-order valence-corrected chi connectivity index (χ2v) is 5.97. The number of halogens is 1. The summed E-state index contributed by atoms with van der Waals surface area (Å²) in [6.45, 7) is 1.94. The molecule has 19 heavy (non-hydrogen) atoms. The predicted octanol–water partition coefficient (Wildman–Crippen LogP) is 2.26. The van der Waals surface area contributed by atoms with E-state index in [4.69, 9.17) is 11.6 Å². The Labute approximate surface area is 118 Å². The van der Waals surface area contributed by atoms with Crippen LogP contribution in [0.2, 0.25) is 5.02 Å². The average molecular weight is 279 g/mol. The van der Waals surface area contributed by atoms with Crippen molar-refractivity contribution in [2.45, 2.75) is 24.8 Å². The molecule has 1 aliphatic carbocycles. The monoisotopic (exact) mass is 278 g/mol. The van der Waals surface area contributed by atoms with Crippen LogP contribution < -0.4 is 5.32 Å². The number of hydrogen-bond acceptors (Lipinski definition) is 2. The van der Waals surface area contributed by atoms with Gasteiger partial charge in [0.25, 0.3) is 0 Å². The van der Waals surface area contributed by atoms with Gasteiger partial charge in [-0.2, -0.15) is 0 Å². The van der Waals surface area contributed by atoms with Gasteiger partial charge in [0.05, 0.1) is 0 Å². The van der Waals surface area contributed by atoms with Crippen LogP contribution in [0.1, 0.15) is 24.3 Å². The third-order valence-corrected chi connectivity index (χ3v) is 4.69. The first-order valence-corrected chi connectivity index (χ1v) is 7.28. The standard InChI is InChI=1S/C15H19ClN2O/c1-18(10-6-7-17-9-10)15(19)13-8-12(13)11-4-2-3-5-14(11)16/h2-5,10,12-13,17H,6-9H2,1H3/t10-,12-,13-/m1/s1. The van der Waals surface area contributed by atoms with Gasteiger partial charge in [-0.05, 0) is 36.9 Å². The number of carbonyl (C=O) groups excluding carboxylic acids is 1. The van der Waals surface area contributed by atoms with E-state index in [1.54, 1.807) is 0 Å². The molecular weight excluding hydrogens is 260 g/mol. The molecule has 1 heterocycles. The van der Waals surface area contributed by atoms with Gasteiger partial charge in [0.15, 0.2) is 0 Å². The van der Waals surface area contributed by atoms with E-state index in [0.717, 1.165) is 36.5 Å². The van der Waals surface area contributed by atoms with Gasteiger partial charge in [-0.15, -0.1) is 0 Å². The van der Waals surface area contributed by atoms with Gasteiger partial charge < -0.3 is 10.2 Å². The van der Waals surface area contributed by atoms with E-state index >= 15 is 0 Å². The van der Waals surface area contributed by atoms with Crippen LogP contribution in [-0.2, 0) is 4.79 Å². The fourth-order valence-corrected chi connectivity index (χ4v) is 3.27. The number of carbonyl (C=O) groups is 1. The molecular formula is C15H19ClN2O. The number of benzene rings is 1. The SMILES string of the molecule is CN(C(=O)[C@@H]1C[C@@H]1c1ccccc1Cl)[C@@H]1CCNC1. The molecule has 0 bridgehead atoms. The van der Waals surface area contributed by atoms with Crippen molar-refractivity contribution in [3.8, 4) is 0 Å². The van der Waals surface area contributed by atoms with Gasteiger partial charge in [0.1, 0.15) is 0 Å². The molecule has 2 aliphatic rings. The number of nitrogens with one attached hydrogen (secondary N) is 1. The number of likely N-dealkylation sites (N-methyl/N-ethyl adjacent to an activating group) is 1. The van der Waals surface area contributed by atoms with Crippen molar-refractivity contribution >= 4 is 17.5 Å². The smallest absolute Gasteiger partial charge is 0.226 e. The molecule has 102 valence electrons. The van der Waals surface area contributed by atoms with Gasteiger partial charge in [0, 0.05) is 30.6 Å². The minimum absolute atomic E-state index is 0.130. The highest BCUT2D eigenvalue weighted by molar-refractivity contribution is 6.31. The van der Waals surface area contributed by atoms with Crippen LogP contribution in [0.25, 0.3) is 0 Å². The molecule has 0 unspecified atom stereocenters. The van der Waals surface area contributed by atoms with Crippen molar-refractivity contribution in [1.82, 2.24) is 10.2 Å². The largest absolute Gasteiger partial charge is 0.341 e. The van der Waals surface area contributed by atoms with Gasteiger partial charge in [-0.1, -0.05) is 29.8 Å². The Hall–Kier alpha value is -1.06. The lowest BCUT2D eigenvalue weighted by molar-refractivity contribution is -0.133. The van der Waals surface area contributed by atoms with Crippen LogP contribution in [0, 0.1) is 5.92 Å². The highest BCUT2D eigenvalue weighted by Crippen LogP contribution is 2.50. The molecule has 4 heteroatoms. The van der Waals surface area contributed by atoms with E-state index in [2.05, 4.69) is 5.32 Å². The normalized spacial score (nSPS) is 29.3. The average Bonchev–Trinajstić information content (AvgIpc) is 3.01. The number of rotatable bonds is 3. The zero-order valence-electron chi connectivity index (χ0n) is 11.1. The highest BCUT2D eigenvalue weighted by atomic mass is 35.5. The van der Waals surface area contributed by atoms with Crippen LogP contribution >= 0.6 is 11.6 Å². The van der Waals surface area contributed by atoms with Gasteiger partial charge in [0.2, 0.25) is 5.91 Å². The van der Waals surface area contributed by atoms with Crippen molar-refractivity contribution in [1.29, 1.82) is 0 Å². The minimum Gasteiger partial charge on any atom is -0.341 e. The summed E-state index contributed by atoms with van der Waals surface area (Å²) in [6, 6.07) is 8.23. The molecule has 1 N–H and O–H groups in total. The Morgan fingerprint density at radius 3 is 2.89 bits per heavy atom. The Kier molecular flexibility index (Phi) is 3.50. The number of nitrogens with zero attached hydrogens (tertiary/aromatic N) is 1. The van der Waals surface area contributed by atoms with E-state index in [1.807, 2.05) is 36.2 Å². The Bertz CT molecular complexity index is 485. The summed E-state index contributed by atoms with van der Waals surface area (Å²) in [5, 5.41) is 4.09. The molecule has 1 amide bonds. The molecule has 1 aromatic carbocycles. The summed E-state index contributed by atoms with van der Waals surface area (Å²) in [7, 11) is 1.93. The highest BCUT2D eigenvalue weighted by Gasteiger charge is 2.46. The molecule has 3 nitrogen and oxygen atoms in total. The van der Waals surface area contributed by atoms with Crippen molar-refractivity contribution in [2.24, 2.45) is 5.92 Å². The van der Waals surface area contributed by atoms with E-state index < -0.39 is 0 Å². The van der Waals surface area contributed by atoms with Crippen molar-refractivity contribution in [3.63, 3.8) is 0 Å². The molecule has 1 aliphatic heterocycles. The van der Waals surface area contributed by atoms with Crippen LogP contribution in [0.5, 0.6) is 0 Å². The fourth-order valence-electron chi connectivity index (χ4n) is 3.00. The van der Waals surface area contributed by atoms with E-state index in [9.17, 15) is 4.79 Å². The van der Waals surface area contributed by atoms with E-state index in [-0.39, 0.29) is 11.8 Å². The summed E-state index contributed by atoms with van der Waals surface area (Å²) in [5.41, 5.74) is 1.13. The van der Waals surface area contributed by atoms with Gasteiger partial charge in [-0.3, -0.25) is 4.79 Å². The molecule has 3 rings (SSSR count). The first kappa shape index (κ1) is 12.9. The summed E-state index contributed by atoms with van der Waals surface area (Å²) < 4.78 is 0. The summed E-state index contributed by atoms with van der Waals surface area (Å²) in [4.78, 5) is 14.4. The molecule has 2 fully saturated rings. The molecule has 0 aromatic heterocycles. The topological polar surface area (TPSA) is 32.3 Å². The first-order chi connectivity index (χ1) is 9.18. The summed E-state index contributed by atoms with van der Waals surface area (Å²) >= 11 is 6.20. The maximum absolute atomic E-state index is 12.4. The van der Waals surface area contributed by atoms with Crippen LogP contribution in [0.3, 0.4) is 0 Å². The summed E-state index contributed by atoms with van der Waals surface area (Å²) in [5.74, 6) is 0.724. The molecule has 0 radical (unpaired) electrons. The minimum atomic E-state index is 0.130. The lowest BCUT2D eigenvalue weighted by Gasteiger charge is -2.24. The summed E-state index contributed by atoms with van der Waals surface area (Å²) in [6.07, 6.45) is 2.00. The van der Waals surface area contributed by atoms with E-state index in [0.29, 0.717) is 12.0 Å².